The summed E-state index contributed by atoms with van der Waals surface area (Å²) in [6.07, 6.45) is 1.17. The molecule has 0 aliphatic carbocycles. The number of nitrogens with one attached hydrogen (secondary N) is 1. The van der Waals surface area contributed by atoms with Gasteiger partial charge in [0.05, 0.1) is 31.2 Å². The number of hydrogen-bond acceptors (Lipinski definition) is 7. The number of nitrogens with zero attached hydrogens (tertiary/aromatic N) is 3. The van der Waals surface area contributed by atoms with Crippen LogP contribution in [0.5, 0.6) is 0 Å². The normalized spacial score (nSPS) is 13.9. The van der Waals surface area contributed by atoms with Crippen LogP contribution in [0.2, 0.25) is 0 Å². The van der Waals surface area contributed by atoms with Crippen LogP contribution in [0, 0.1) is 5.92 Å². The first-order valence-corrected chi connectivity index (χ1v) is 11.7. The Bertz CT molecular complexity index is 986. The van der Waals surface area contributed by atoms with Gasteiger partial charge < -0.3 is 14.5 Å². The van der Waals surface area contributed by atoms with E-state index in [1.165, 1.54) is 16.2 Å². The Balaban J connectivity index is 1.45. The number of anilines is 1. The Morgan fingerprint density at radius 2 is 1.88 bits per heavy atom. The summed E-state index contributed by atoms with van der Waals surface area (Å²) in [5, 5.41) is 4.85. The highest BCUT2D eigenvalue weighted by atomic mass is 32.1. The van der Waals surface area contributed by atoms with Crippen LogP contribution in [-0.2, 0) is 25.5 Å². The first-order chi connectivity index (χ1) is 15.9. The highest BCUT2D eigenvalue weighted by molar-refractivity contribution is 7.14. The van der Waals surface area contributed by atoms with Crippen molar-refractivity contribution in [2.45, 2.75) is 26.2 Å². The van der Waals surface area contributed by atoms with Crippen molar-refractivity contribution in [1.82, 2.24) is 14.8 Å². The number of esters is 1. The maximum absolute atomic E-state index is 12.6. The first-order valence-electron chi connectivity index (χ1n) is 10.9. The zero-order chi connectivity index (χ0) is 23.8. The fraction of sp³-hybridized carbons (Fsp3) is 0.435. The predicted octanol–water partition coefficient (Wildman–Crippen LogP) is 2.20. The second-order valence-electron chi connectivity index (χ2n) is 7.80. The molecule has 0 radical (unpaired) electrons. The number of likely N-dealkylation sites (tertiary alicyclic amines) is 1. The van der Waals surface area contributed by atoms with Crippen molar-refractivity contribution >= 4 is 40.2 Å². The third-order valence-corrected chi connectivity index (χ3v) is 6.21. The number of likely N-dealkylation sites (N-methyl/N-ethyl adjacent to an activating group) is 1. The molecule has 0 unspecified atom stereocenters. The minimum absolute atomic E-state index is 0.0341. The largest absolute Gasteiger partial charge is 0.466 e. The van der Waals surface area contributed by atoms with Gasteiger partial charge in [-0.05, 0) is 31.9 Å². The molecule has 176 valence electrons. The van der Waals surface area contributed by atoms with Gasteiger partial charge in [0.25, 0.3) is 5.91 Å². The Morgan fingerprint density at radius 1 is 1.18 bits per heavy atom. The van der Waals surface area contributed by atoms with Crippen LogP contribution in [0.3, 0.4) is 0 Å². The molecule has 1 aromatic carbocycles. The molecule has 1 aliphatic rings. The smallest absolute Gasteiger partial charge is 0.309 e. The molecule has 0 saturated carbocycles. The van der Waals surface area contributed by atoms with E-state index in [4.69, 9.17) is 4.74 Å². The SMILES string of the molecule is CCOC(=O)C1CCN(C(=O)CN(C)C(=O)Cc2csc(NC(=O)c3ccccc3)n2)CC1. The van der Waals surface area contributed by atoms with Gasteiger partial charge in [-0.25, -0.2) is 4.98 Å². The van der Waals surface area contributed by atoms with Crippen LogP contribution in [0.25, 0.3) is 0 Å². The van der Waals surface area contributed by atoms with Crippen molar-refractivity contribution in [1.29, 1.82) is 0 Å². The highest BCUT2D eigenvalue weighted by Crippen LogP contribution is 2.20. The van der Waals surface area contributed by atoms with Crippen LogP contribution in [0.4, 0.5) is 5.13 Å². The Morgan fingerprint density at radius 3 is 2.55 bits per heavy atom. The Labute approximate surface area is 196 Å². The van der Waals surface area contributed by atoms with E-state index in [0.717, 1.165) is 0 Å². The lowest BCUT2D eigenvalue weighted by Gasteiger charge is -2.32. The van der Waals surface area contributed by atoms with Gasteiger partial charge in [-0.15, -0.1) is 11.3 Å². The molecule has 3 rings (SSSR count). The summed E-state index contributed by atoms with van der Waals surface area (Å²) >= 11 is 1.24. The van der Waals surface area contributed by atoms with Gasteiger partial charge in [0.15, 0.2) is 5.13 Å². The van der Waals surface area contributed by atoms with Crippen LogP contribution >= 0.6 is 11.3 Å². The first kappa shape index (κ1) is 24.4. The number of rotatable bonds is 8. The number of benzene rings is 1. The number of carbonyl (C=O) groups is 4. The Kier molecular flexibility index (Phi) is 8.53. The third-order valence-electron chi connectivity index (χ3n) is 5.41. The lowest BCUT2D eigenvalue weighted by Crippen LogP contribution is -2.46. The summed E-state index contributed by atoms with van der Waals surface area (Å²) in [5.74, 6) is -1.04. The molecular weight excluding hydrogens is 444 g/mol. The lowest BCUT2D eigenvalue weighted by atomic mass is 9.97. The molecule has 3 amide bonds. The summed E-state index contributed by atoms with van der Waals surface area (Å²) in [7, 11) is 1.58. The van der Waals surface area contributed by atoms with E-state index in [1.807, 2.05) is 6.07 Å². The maximum atomic E-state index is 12.6. The van der Waals surface area contributed by atoms with Gasteiger partial charge in [0, 0.05) is 31.1 Å². The van der Waals surface area contributed by atoms with Gasteiger partial charge in [0.2, 0.25) is 11.8 Å². The van der Waals surface area contributed by atoms with E-state index in [-0.39, 0.29) is 42.6 Å². The molecule has 0 atom stereocenters. The van der Waals surface area contributed by atoms with E-state index in [0.29, 0.717) is 48.9 Å². The topological polar surface area (TPSA) is 109 Å². The number of piperidine rings is 1. The minimum Gasteiger partial charge on any atom is -0.466 e. The third kappa shape index (κ3) is 6.85. The fourth-order valence-corrected chi connectivity index (χ4v) is 4.22. The van der Waals surface area contributed by atoms with Crippen molar-refractivity contribution in [3.63, 3.8) is 0 Å². The monoisotopic (exact) mass is 472 g/mol. The minimum atomic E-state index is -0.266. The summed E-state index contributed by atoms with van der Waals surface area (Å²) in [6.45, 7) is 3.04. The quantitative estimate of drug-likeness (QED) is 0.590. The number of hydrogen-bond donors (Lipinski definition) is 1. The molecule has 1 N–H and O–H groups in total. The van der Waals surface area contributed by atoms with E-state index in [9.17, 15) is 19.2 Å². The van der Waals surface area contributed by atoms with Crippen molar-refractivity contribution < 1.29 is 23.9 Å². The zero-order valence-corrected chi connectivity index (χ0v) is 19.6. The number of amides is 3. The summed E-state index contributed by atoms with van der Waals surface area (Å²) in [4.78, 5) is 56.6. The van der Waals surface area contributed by atoms with Crippen molar-refractivity contribution in [3.05, 3.63) is 47.0 Å². The van der Waals surface area contributed by atoms with Crippen molar-refractivity contribution in [2.75, 3.05) is 38.6 Å². The lowest BCUT2D eigenvalue weighted by molar-refractivity contribution is -0.151. The molecule has 2 aromatic rings. The van der Waals surface area contributed by atoms with E-state index in [1.54, 1.807) is 48.5 Å². The zero-order valence-electron chi connectivity index (χ0n) is 18.8. The maximum Gasteiger partial charge on any atom is 0.309 e. The summed E-state index contributed by atoms with van der Waals surface area (Å²) < 4.78 is 5.05. The van der Waals surface area contributed by atoms with Gasteiger partial charge in [-0.3, -0.25) is 24.5 Å². The number of thiazole rings is 1. The van der Waals surface area contributed by atoms with Gasteiger partial charge in [-0.1, -0.05) is 18.2 Å². The average molecular weight is 473 g/mol. The van der Waals surface area contributed by atoms with Crippen molar-refractivity contribution in [2.24, 2.45) is 5.92 Å². The predicted molar refractivity (Wildman–Crippen MR) is 124 cm³/mol. The molecule has 1 aliphatic heterocycles. The molecular formula is C23H28N4O5S. The molecule has 33 heavy (non-hydrogen) atoms. The molecule has 1 fully saturated rings. The van der Waals surface area contributed by atoms with Gasteiger partial charge in [-0.2, -0.15) is 0 Å². The summed E-state index contributed by atoms with van der Waals surface area (Å²) in [5.41, 5.74) is 1.05. The Hall–Kier alpha value is -3.27. The van der Waals surface area contributed by atoms with Crippen LogP contribution in [0.15, 0.2) is 35.7 Å². The standard InChI is InChI=1S/C23H28N4O5S/c1-3-32-22(31)17-9-11-27(12-10-17)20(29)14-26(2)19(28)13-18-15-33-23(24-18)25-21(30)16-7-5-4-6-8-16/h4-8,15,17H,3,9-14H2,1-2H3,(H,24,25,30). The number of carbonyl (C=O) groups excluding carboxylic acids is 4. The fourth-order valence-electron chi connectivity index (χ4n) is 3.51. The summed E-state index contributed by atoms with van der Waals surface area (Å²) in [6, 6.07) is 8.80. The van der Waals surface area contributed by atoms with Gasteiger partial charge in [0.1, 0.15) is 0 Å². The molecule has 0 spiro atoms. The molecule has 10 heteroatoms. The molecule has 1 aromatic heterocycles. The number of aromatic nitrogens is 1. The second-order valence-corrected chi connectivity index (χ2v) is 8.66. The number of ether oxygens (including phenoxy) is 1. The van der Waals surface area contributed by atoms with E-state index >= 15 is 0 Å². The molecule has 0 bridgehead atoms. The average Bonchev–Trinajstić information content (AvgIpc) is 3.26. The molecule has 1 saturated heterocycles. The van der Waals surface area contributed by atoms with Gasteiger partial charge >= 0.3 is 5.97 Å². The highest BCUT2D eigenvalue weighted by Gasteiger charge is 2.29. The van der Waals surface area contributed by atoms with Crippen LogP contribution in [0.1, 0.15) is 35.8 Å². The van der Waals surface area contributed by atoms with Crippen LogP contribution < -0.4 is 5.32 Å². The van der Waals surface area contributed by atoms with E-state index in [2.05, 4.69) is 10.3 Å². The van der Waals surface area contributed by atoms with Crippen LogP contribution in [-0.4, -0.2) is 71.8 Å². The van der Waals surface area contributed by atoms with Crippen molar-refractivity contribution in [3.8, 4) is 0 Å². The molecule has 9 nitrogen and oxygen atoms in total. The second kappa shape index (κ2) is 11.6. The van der Waals surface area contributed by atoms with E-state index < -0.39 is 0 Å². The molecule has 2 heterocycles.